The van der Waals surface area contributed by atoms with Crippen LogP contribution in [0.5, 0.6) is 5.75 Å². The molecule has 0 atom stereocenters. The molecule has 3 fully saturated rings. The van der Waals surface area contributed by atoms with E-state index in [2.05, 4.69) is 17.0 Å². The summed E-state index contributed by atoms with van der Waals surface area (Å²) in [5.74, 6) is 2.42. The molecule has 1 saturated heterocycles. The largest absolute Gasteiger partial charge is 0.462 e. The van der Waals surface area contributed by atoms with Crippen molar-refractivity contribution in [2.24, 2.45) is 0 Å². The highest BCUT2D eigenvalue weighted by molar-refractivity contribution is 5.48. The molecule has 1 heterocycles. The molecular formula is C24H34N2O4. The first-order valence-corrected chi connectivity index (χ1v) is 11.2. The molecule has 3 aliphatic rings. The fourth-order valence-electron chi connectivity index (χ4n) is 4.11. The first-order valence-electron chi connectivity index (χ1n) is 11.2. The van der Waals surface area contributed by atoms with Crippen LogP contribution in [-0.4, -0.2) is 74.4 Å². The number of rotatable bonds is 12. The number of hydrogen-bond acceptors (Lipinski definition) is 5. The van der Waals surface area contributed by atoms with Crippen molar-refractivity contribution < 1.29 is 19.0 Å². The summed E-state index contributed by atoms with van der Waals surface area (Å²) >= 11 is 0. The van der Waals surface area contributed by atoms with Gasteiger partial charge in [0.15, 0.2) is 0 Å². The van der Waals surface area contributed by atoms with Crippen molar-refractivity contribution in [2.75, 3.05) is 39.9 Å². The van der Waals surface area contributed by atoms with Crippen LogP contribution in [0, 0.1) is 0 Å². The van der Waals surface area contributed by atoms with Crippen molar-refractivity contribution in [1.82, 2.24) is 9.80 Å². The van der Waals surface area contributed by atoms with Crippen molar-refractivity contribution in [3.8, 4) is 5.75 Å². The molecule has 0 spiro atoms. The maximum absolute atomic E-state index is 11.5. The van der Waals surface area contributed by atoms with E-state index in [4.69, 9.17) is 14.2 Å². The molecule has 4 rings (SSSR count). The molecule has 6 heteroatoms. The third-order valence-electron chi connectivity index (χ3n) is 6.49. The van der Waals surface area contributed by atoms with Crippen LogP contribution in [0.3, 0.4) is 0 Å². The van der Waals surface area contributed by atoms with Crippen LogP contribution in [0.4, 0.5) is 0 Å². The molecular weight excluding hydrogens is 380 g/mol. The zero-order valence-corrected chi connectivity index (χ0v) is 18.2. The summed E-state index contributed by atoms with van der Waals surface area (Å²) in [5.41, 5.74) is 1.40. The fraction of sp³-hybridized carbons (Fsp3) is 0.625. The molecule has 6 nitrogen and oxygen atoms in total. The summed E-state index contributed by atoms with van der Waals surface area (Å²) in [5, 5.41) is 0. The van der Waals surface area contributed by atoms with E-state index in [1.165, 1.54) is 18.4 Å². The van der Waals surface area contributed by atoms with E-state index < -0.39 is 0 Å². The molecule has 1 aromatic rings. The Bertz CT molecular complexity index is 719. The Morgan fingerprint density at radius 2 is 1.90 bits per heavy atom. The zero-order valence-electron chi connectivity index (χ0n) is 18.2. The Kier molecular flexibility index (Phi) is 7.08. The van der Waals surface area contributed by atoms with Gasteiger partial charge in [-0.25, -0.2) is 0 Å². The van der Waals surface area contributed by atoms with Crippen LogP contribution in [0.2, 0.25) is 0 Å². The number of amides is 1. The Morgan fingerprint density at radius 1 is 1.17 bits per heavy atom. The predicted octanol–water partition coefficient (Wildman–Crippen LogP) is 3.18. The molecule has 0 N–H and O–H groups in total. The van der Waals surface area contributed by atoms with Crippen LogP contribution in [0.25, 0.3) is 0 Å². The molecule has 0 bridgehead atoms. The van der Waals surface area contributed by atoms with Gasteiger partial charge in [0.25, 0.3) is 0 Å². The molecule has 0 radical (unpaired) electrons. The SMILES string of the molecule is COC1CN(CCOC2CC(N(C=O)C/C=C(\C)Oc3ccc(C4CC4)cc3)C2)C1. The van der Waals surface area contributed by atoms with Gasteiger partial charge in [0, 0.05) is 39.3 Å². The van der Waals surface area contributed by atoms with E-state index >= 15 is 0 Å². The maximum Gasteiger partial charge on any atom is 0.210 e. The molecule has 1 aliphatic heterocycles. The topological polar surface area (TPSA) is 51.2 Å². The van der Waals surface area contributed by atoms with Crippen LogP contribution >= 0.6 is 0 Å². The van der Waals surface area contributed by atoms with Crippen LogP contribution in [-0.2, 0) is 14.3 Å². The summed E-state index contributed by atoms with van der Waals surface area (Å²) in [4.78, 5) is 15.7. The highest BCUT2D eigenvalue weighted by atomic mass is 16.5. The number of carbonyl (C=O) groups excluding carboxylic acids is 1. The third-order valence-corrected chi connectivity index (χ3v) is 6.49. The summed E-state index contributed by atoms with van der Waals surface area (Å²) in [6.45, 7) is 6.23. The molecule has 1 amide bonds. The minimum atomic E-state index is 0.260. The van der Waals surface area contributed by atoms with Crippen molar-refractivity contribution in [1.29, 1.82) is 0 Å². The second-order valence-corrected chi connectivity index (χ2v) is 8.80. The third kappa shape index (κ3) is 5.62. The van der Waals surface area contributed by atoms with E-state index in [0.717, 1.165) is 62.9 Å². The normalized spacial score (nSPS) is 24.8. The van der Waals surface area contributed by atoms with Gasteiger partial charge in [-0.05, 0) is 62.3 Å². The van der Waals surface area contributed by atoms with Crippen molar-refractivity contribution >= 4 is 6.41 Å². The van der Waals surface area contributed by atoms with Gasteiger partial charge in [0.05, 0.1) is 24.6 Å². The molecule has 2 aliphatic carbocycles. The molecule has 0 aromatic heterocycles. The number of likely N-dealkylation sites (tertiary alicyclic amines) is 1. The number of nitrogens with zero attached hydrogens (tertiary/aromatic N) is 2. The second kappa shape index (κ2) is 9.94. The van der Waals surface area contributed by atoms with Gasteiger partial charge in [0.1, 0.15) is 5.75 Å². The smallest absolute Gasteiger partial charge is 0.210 e. The summed E-state index contributed by atoms with van der Waals surface area (Å²) < 4.78 is 17.1. The first-order chi connectivity index (χ1) is 14.6. The Balaban J connectivity index is 1.13. The lowest BCUT2D eigenvalue weighted by atomic mass is 9.88. The van der Waals surface area contributed by atoms with Crippen molar-refractivity contribution in [2.45, 2.75) is 56.8 Å². The summed E-state index contributed by atoms with van der Waals surface area (Å²) in [6, 6.07) is 8.64. The lowest BCUT2D eigenvalue weighted by Gasteiger charge is -2.42. The zero-order chi connectivity index (χ0) is 20.9. The minimum Gasteiger partial charge on any atom is -0.462 e. The summed E-state index contributed by atoms with van der Waals surface area (Å²) in [6.07, 6.45) is 8.02. The van der Waals surface area contributed by atoms with Gasteiger partial charge in [-0.1, -0.05) is 12.1 Å². The highest BCUT2D eigenvalue weighted by Gasteiger charge is 2.34. The number of hydrogen-bond donors (Lipinski definition) is 0. The van der Waals surface area contributed by atoms with Crippen LogP contribution < -0.4 is 4.74 Å². The predicted molar refractivity (Wildman–Crippen MR) is 116 cm³/mol. The monoisotopic (exact) mass is 414 g/mol. The standard InChI is InChI=1S/C24H34N2O4/c1-18(30-22-7-5-20(6-8-22)19-3-4-19)9-10-26(17-27)21-13-23(14-21)29-12-11-25-15-24(16-25)28-2/h5-9,17,19,21,23-24H,3-4,10-16H2,1-2H3/b18-9+. The molecule has 2 saturated carbocycles. The van der Waals surface area contributed by atoms with E-state index in [0.29, 0.717) is 12.6 Å². The lowest BCUT2D eigenvalue weighted by molar-refractivity contribution is -0.126. The molecule has 30 heavy (non-hydrogen) atoms. The average Bonchev–Trinajstić information content (AvgIpc) is 3.52. The Labute approximate surface area is 179 Å². The molecule has 0 unspecified atom stereocenters. The van der Waals surface area contributed by atoms with Crippen LogP contribution in [0.1, 0.15) is 44.1 Å². The van der Waals surface area contributed by atoms with Crippen molar-refractivity contribution in [3.05, 3.63) is 41.7 Å². The van der Waals surface area contributed by atoms with Crippen LogP contribution in [0.15, 0.2) is 36.1 Å². The number of carbonyl (C=O) groups is 1. The van der Waals surface area contributed by atoms with E-state index in [9.17, 15) is 4.79 Å². The van der Waals surface area contributed by atoms with Gasteiger partial charge in [-0.15, -0.1) is 0 Å². The minimum absolute atomic E-state index is 0.260. The van der Waals surface area contributed by atoms with E-state index in [-0.39, 0.29) is 12.1 Å². The van der Waals surface area contributed by atoms with Gasteiger partial charge in [0.2, 0.25) is 6.41 Å². The number of ether oxygens (including phenoxy) is 3. The Morgan fingerprint density at radius 3 is 2.53 bits per heavy atom. The van der Waals surface area contributed by atoms with Gasteiger partial charge in [-0.2, -0.15) is 0 Å². The number of allylic oxidation sites excluding steroid dienone is 1. The first kappa shape index (κ1) is 21.3. The maximum atomic E-state index is 11.5. The van der Waals surface area contributed by atoms with E-state index in [1.807, 2.05) is 30.0 Å². The highest BCUT2D eigenvalue weighted by Crippen LogP contribution is 2.40. The number of methoxy groups -OCH3 is 1. The quantitative estimate of drug-likeness (QED) is 0.388. The molecule has 164 valence electrons. The van der Waals surface area contributed by atoms with E-state index in [1.54, 1.807) is 7.11 Å². The molecule has 1 aromatic carbocycles. The van der Waals surface area contributed by atoms with Gasteiger partial charge < -0.3 is 19.1 Å². The lowest BCUT2D eigenvalue weighted by Crippen LogP contribution is -2.53. The van der Waals surface area contributed by atoms with Gasteiger partial charge >= 0.3 is 0 Å². The second-order valence-electron chi connectivity index (χ2n) is 8.80. The van der Waals surface area contributed by atoms with Crippen molar-refractivity contribution in [3.63, 3.8) is 0 Å². The fourth-order valence-corrected chi connectivity index (χ4v) is 4.11. The number of benzene rings is 1. The average molecular weight is 415 g/mol. The summed E-state index contributed by atoms with van der Waals surface area (Å²) in [7, 11) is 1.76. The Hall–Kier alpha value is -1.89. The van der Waals surface area contributed by atoms with Gasteiger partial charge in [-0.3, -0.25) is 9.69 Å².